The van der Waals surface area contributed by atoms with Crippen molar-refractivity contribution in [3.05, 3.63) is 41.8 Å². The number of rotatable bonds is 7. The van der Waals surface area contributed by atoms with Gasteiger partial charge in [-0.25, -0.2) is 9.37 Å². The molecule has 2 aromatic rings. The van der Waals surface area contributed by atoms with Crippen LogP contribution in [0.1, 0.15) is 12.1 Å². The molecule has 0 bridgehead atoms. The molecule has 0 amide bonds. The first-order valence-corrected chi connectivity index (χ1v) is 6.78. The van der Waals surface area contributed by atoms with Gasteiger partial charge in [0.1, 0.15) is 11.6 Å². The van der Waals surface area contributed by atoms with Gasteiger partial charge in [0.25, 0.3) is 0 Å². The molecule has 2 N–H and O–H groups in total. The van der Waals surface area contributed by atoms with Crippen LogP contribution in [0.5, 0.6) is 0 Å². The largest absolute Gasteiger partial charge is 0.385 e. The number of anilines is 3. The van der Waals surface area contributed by atoms with E-state index in [2.05, 4.69) is 20.6 Å². The van der Waals surface area contributed by atoms with Gasteiger partial charge in [-0.1, -0.05) is 6.07 Å². The predicted molar refractivity (Wildman–Crippen MR) is 81.4 cm³/mol. The number of nitrogens with one attached hydrogen (secondary N) is 2. The van der Waals surface area contributed by atoms with Crippen LogP contribution in [0.2, 0.25) is 0 Å². The molecule has 0 aliphatic rings. The molecule has 0 saturated heterocycles. The van der Waals surface area contributed by atoms with Gasteiger partial charge in [-0.05, 0) is 31.5 Å². The molecule has 0 aliphatic heterocycles. The minimum Gasteiger partial charge on any atom is -0.385 e. The number of methoxy groups -OCH3 is 1. The molecule has 5 nitrogen and oxygen atoms in total. The van der Waals surface area contributed by atoms with Gasteiger partial charge in [0.2, 0.25) is 5.95 Å². The average molecular weight is 290 g/mol. The first-order chi connectivity index (χ1) is 10.2. The Morgan fingerprint density at radius 2 is 2.10 bits per heavy atom. The third-order valence-electron chi connectivity index (χ3n) is 2.76. The summed E-state index contributed by atoms with van der Waals surface area (Å²) in [7, 11) is 1.67. The first-order valence-electron chi connectivity index (χ1n) is 6.78. The molecule has 112 valence electrons. The molecular formula is C15H19FN4O. The first kappa shape index (κ1) is 15.2. The molecule has 6 heteroatoms. The second kappa shape index (κ2) is 7.54. The van der Waals surface area contributed by atoms with Crippen LogP contribution < -0.4 is 10.6 Å². The van der Waals surface area contributed by atoms with E-state index in [1.54, 1.807) is 19.2 Å². The highest BCUT2D eigenvalue weighted by molar-refractivity contribution is 5.57. The van der Waals surface area contributed by atoms with E-state index in [4.69, 9.17) is 4.74 Å². The fourth-order valence-corrected chi connectivity index (χ4v) is 1.84. The zero-order valence-electron chi connectivity index (χ0n) is 12.2. The van der Waals surface area contributed by atoms with Gasteiger partial charge in [0.05, 0.1) is 0 Å². The van der Waals surface area contributed by atoms with Crippen LogP contribution in [0.4, 0.5) is 21.8 Å². The molecule has 1 aromatic carbocycles. The van der Waals surface area contributed by atoms with E-state index in [-0.39, 0.29) is 5.82 Å². The second-order valence-electron chi connectivity index (χ2n) is 4.63. The summed E-state index contributed by atoms with van der Waals surface area (Å²) in [6.07, 6.45) is 0.875. The Kier molecular flexibility index (Phi) is 5.45. The lowest BCUT2D eigenvalue weighted by atomic mass is 10.3. The highest BCUT2D eigenvalue weighted by atomic mass is 19.1. The number of benzene rings is 1. The van der Waals surface area contributed by atoms with Crippen LogP contribution in [0.15, 0.2) is 30.3 Å². The lowest BCUT2D eigenvalue weighted by molar-refractivity contribution is 0.197. The van der Waals surface area contributed by atoms with E-state index in [1.165, 1.54) is 12.1 Å². The quantitative estimate of drug-likeness (QED) is 0.767. The Labute approximate surface area is 123 Å². The van der Waals surface area contributed by atoms with Crippen molar-refractivity contribution in [1.29, 1.82) is 0 Å². The molecule has 0 aliphatic carbocycles. The normalized spacial score (nSPS) is 10.4. The highest BCUT2D eigenvalue weighted by Gasteiger charge is 2.03. The summed E-state index contributed by atoms with van der Waals surface area (Å²) in [5.41, 5.74) is 1.48. The van der Waals surface area contributed by atoms with Gasteiger partial charge in [0.15, 0.2) is 0 Å². The maximum absolute atomic E-state index is 13.2. The SMILES string of the molecule is COCCCNc1nc(C)cc(Nc2cccc(F)c2)n1. The van der Waals surface area contributed by atoms with E-state index in [1.807, 2.05) is 13.0 Å². The topological polar surface area (TPSA) is 59.1 Å². The smallest absolute Gasteiger partial charge is 0.224 e. The zero-order chi connectivity index (χ0) is 15.1. The summed E-state index contributed by atoms with van der Waals surface area (Å²) in [5.74, 6) is 0.885. The third-order valence-corrected chi connectivity index (χ3v) is 2.76. The van der Waals surface area contributed by atoms with Crippen molar-refractivity contribution >= 4 is 17.5 Å². The van der Waals surface area contributed by atoms with Gasteiger partial charge >= 0.3 is 0 Å². The van der Waals surface area contributed by atoms with E-state index in [9.17, 15) is 4.39 Å². The van der Waals surface area contributed by atoms with Crippen molar-refractivity contribution in [2.45, 2.75) is 13.3 Å². The number of nitrogens with zero attached hydrogens (tertiary/aromatic N) is 2. The van der Waals surface area contributed by atoms with Gasteiger partial charge < -0.3 is 15.4 Å². The fourth-order valence-electron chi connectivity index (χ4n) is 1.84. The highest BCUT2D eigenvalue weighted by Crippen LogP contribution is 2.17. The molecule has 2 rings (SSSR count). The number of hydrogen-bond donors (Lipinski definition) is 2. The van der Waals surface area contributed by atoms with Crippen molar-refractivity contribution in [3.63, 3.8) is 0 Å². The summed E-state index contributed by atoms with van der Waals surface area (Å²) >= 11 is 0. The number of aromatic nitrogens is 2. The maximum atomic E-state index is 13.2. The maximum Gasteiger partial charge on any atom is 0.224 e. The Bertz CT molecular complexity index is 592. The van der Waals surface area contributed by atoms with Crippen LogP contribution in [0, 0.1) is 12.7 Å². The summed E-state index contributed by atoms with van der Waals surface area (Å²) in [6.45, 7) is 3.31. The summed E-state index contributed by atoms with van der Waals surface area (Å²) in [4.78, 5) is 8.67. The zero-order valence-corrected chi connectivity index (χ0v) is 12.2. The van der Waals surface area contributed by atoms with Crippen LogP contribution >= 0.6 is 0 Å². The third kappa shape index (κ3) is 5.00. The monoisotopic (exact) mass is 290 g/mol. The summed E-state index contributed by atoms with van der Waals surface area (Å²) in [5, 5.41) is 6.21. The van der Waals surface area contributed by atoms with E-state index >= 15 is 0 Å². The van der Waals surface area contributed by atoms with Crippen molar-refractivity contribution in [2.24, 2.45) is 0 Å². The van der Waals surface area contributed by atoms with Crippen LogP contribution in [-0.2, 0) is 4.74 Å². The van der Waals surface area contributed by atoms with Crippen molar-refractivity contribution in [3.8, 4) is 0 Å². The molecule has 1 aromatic heterocycles. The van der Waals surface area contributed by atoms with E-state index < -0.39 is 0 Å². The Balaban J connectivity index is 2.04. The molecule has 1 heterocycles. The van der Waals surface area contributed by atoms with Gasteiger partial charge in [-0.15, -0.1) is 0 Å². The molecule has 21 heavy (non-hydrogen) atoms. The summed E-state index contributed by atoms with van der Waals surface area (Å²) in [6, 6.07) is 8.06. The molecule has 0 saturated carbocycles. The molecule has 0 fully saturated rings. The van der Waals surface area contributed by atoms with Crippen molar-refractivity contribution < 1.29 is 9.13 Å². The fraction of sp³-hybridized carbons (Fsp3) is 0.333. The molecular weight excluding hydrogens is 271 g/mol. The minimum absolute atomic E-state index is 0.288. The van der Waals surface area contributed by atoms with Gasteiger partial charge in [0, 0.05) is 37.7 Å². The Morgan fingerprint density at radius 3 is 2.86 bits per heavy atom. The van der Waals surface area contributed by atoms with Gasteiger partial charge in [-0.3, -0.25) is 0 Å². The molecule has 0 unspecified atom stereocenters. The predicted octanol–water partition coefficient (Wildman–Crippen LogP) is 3.12. The van der Waals surface area contributed by atoms with Crippen LogP contribution in [0.25, 0.3) is 0 Å². The van der Waals surface area contributed by atoms with Crippen LogP contribution in [0.3, 0.4) is 0 Å². The minimum atomic E-state index is -0.288. The number of ether oxygens (including phenoxy) is 1. The van der Waals surface area contributed by atoms with E-state index in [0.717, 1.165) is 18.7 Å². The molecule has 0 radical (unpaired) electrons. The number of aryl methyl sites for hydroxylation is 1. The molecule has 0 atom stereocenters. The Morgan fingerprint density at radius 1 is 1.24 bits per heavy atom. The van der Waals surface area contributed by atoms with E-state index in [0.29, 0.717) is 24.1 Å². The van der Waals surface area contributed by atoms with Crippen molar-refractivity contribution in [1.82, 2.24) is 9.97 Å². The Hall–Kier alpha value is -2.21. The van der Waals surface area contributed by atoms with Crippen molar-refractivity contribution in [2.75, 3.05) is 30.9 Å². The standard InChI is InChI=1S/C15H19FN4O/c1-11-9-14(19-13-6-3-5-12(16)10-13)20-15(18-11)17-7-4-8-21-2/h3,5-6,9-10H,4,7-8H2,1-2H3,(H2,17,18,19,20). The second-order valence-corrected chi connectivity index (χ2v) is 4.63. The molecule has 0 spiro atoms. The number of hydrogen-bond acceptors (Lipinski definition) is 5. The lowest BCUT2D eigenvalue weighted by Crippen LogP contribution is -2.09. The van der Waals surface area contributed by atoms with Gasteiger partial charge in [-0.2, -0.15) is 4.98 Å². The van der Waals surface area contributed by atoms with Crippen LogP contribution in [-0.4, -0.2) is 30.2 Å². The number of halogens is 1. The lowest BCUT2D eigenvalue weighted by Gasteiger charge is -2.10. The summed E-state index contributed by atoms with van der Waals surface area (Å²) < 4.78 is 18.2. The average Bonchev–Trinajstić information content (AvgIpc) is 2.43.